The van der Waals surface area contributed by atoms with E-state index in [1.807, 2.05) is 0 Å². The number of carbonyl (C=O) groups is 3. The second-order valence-electron chi connectivity index (χ2n) is 5.05. The van der Waals surface area contributed by atoms with E-state index >= 15 is 0 Å². The van der Waals surface area contributed by atoms with Gasteiger partial charge in [0.2, 0.25) is 5.91 Å². The molecule has 2 heterocycles. The zero-order valence-corrected chi connectivity index (χ0v) is 11.9. The predicted molar refractivity (Wildman–Crippen MR) is 75.1 cm³/mol. The molecule has 0 atom stereocenters. The van der Waals surface area contributed by atoms with Crippen LogP contribution >= 0.6 is 0 Å². The lowest BCUT2D eigenvalue weighted by molar-refractivity contribution is -0.121. The van der Waals surface area contributed by atoms with Crippen LogP contribution in [0.1, 0.15) is 27.1 Å². The lowest BCUT2D eigenvalue weighted by Gasteiger charge is -2.14. The molecule has 0 spiro atoms. The van der Waals surface area contributed by atoms with Crippen LogP contribution in [-0.4, -0.2) is 55.2 Å². The molecule has 1 fully saturated rings. The van der Waals surface area contributed by atoms with Crippen molar-refractivity contribution in [3.8, 4) is 0 Å². The van der Waals surface area contributed by atoms with Crippen molar-refractivity contribution in [1.82, 2.24) is 10.2 Å². The van der Waals surface area contributed by atoms with Gasteiger partial charge in [0.25, 0.3) is 11.8 Å². The third-order valence-corrected chi connectivity index (χ3v) is 3.57. The summed E-state index contributed by atoms with van der Waals surface area (Å²) in [4.78, 5) is 37.1. The monoisotopic (exact) mass is 304 g/mol. The topological polar surface area (TPSA) is 84.9 Å². The van der Waals surface area contributed by atoms with Gasteiger partial charge >= 0.3 is 0 Å². The van der Waals surface area contributed by atoms with Gasteiger partial charge in [-0.25, -0.2) is 0 Å². The van der Waals surface area contributed by atoms with E-state index in [1.54, 1.807) is 24.3 Å². The number of amides is 3. The maximum atomic E-state index is 12.1. The van der Waals surface area contributed by atoms with Crippen LogP contribution in [0.5, 0.6) is 0 Å². The fourth-order valence-electron chi connectivity index (χ4n) is 2.49. The van der Waals surface area contributed by atoms with Gasteiger partial charge in [-0.2, -0.15) is 0 Å². The molecule has 0 aromatic heterocycles. The minimum Gasteiger partial charge on any atom is -0.354 e. The number of ether oxygens (including phenoxy) is 2. The van der Waals surface area contributed by atoms with E-state index in [9.17, 15) is 14.4 Å². The maximum absolute atomic E-state index is 12.1. The fourth-order valence-corrected chi connectivity index (χ4v) is 2.49. The van der Waals surface area contributed by atoms with Crippen molar-refractivity contribution < 1.29 is 23.9 Å². The Balaban J connectivity index is 1.52. The van der Waals surface area contributed by atoms with Crippen LogP contribution in [0.25, 0.3) is 0 Å². The Labute approximate surface area is 127 Å². The second-order valence-corrected chi connectivity index (χ2v) is 5.05. The van der Waals surface area contributed by atoms with Gasteiger partial charge in [-0.05, 0) is 12.1 Å². The van der Waals surface area contributed by atoms with Crippen LogP contribution in [0.4, 0.5) is 0 Å². The molecule has 22 heavy (non-hydrogen) atoms. The van der Waals surface area contributed by atoms with Crippen LogP contribution in [0.15, 0.2) is 24.3 Å². The number of nitrogens with one attached hydrogen (secondary N) is 1. The third kappa shape index (κ3) is 2.86. The van der Waals surface area contributed by atoms with Crippen LogP contribution in [0.2, 0.25) is 0 Å². The first-order valence-corrected chi connectivity index (χ1v) is 7.12. The summed E-state index contributed by atoms with van der Waals surface area (Å²) in [5, 5.41) is 2.66. The van der Waals surface area contributed by atoms with Crippen molar-refractivity contribution in [2.45, 2.75) is 12.7 Å². The molecule has 2 aliphatic rings. The number of nitrogens with zero attached hydrogens (tertiary/aromatic N) is 1. The Morgan fingerprint density at radius 1 is 1.14 bits per heavy atom. The van der Waals surface area contributed by atoms with Crippen molar-refractivity contribution in [2.24, 2.45) is 0 Å². The molecule has 116 valence electrons. The highest BCUT2D eigenvalue weighted by atomic mass is 16.7. The normalized spacial score (nSPS) is 17.9. The van der Waals surface area contributed by atoms with Gasteiger partial charge in [-0.15, -0.1) is 0 Å². The Morgan fingerprint density at radius 2 is 1.73 bits per heavy atom. The Kier molecular flexibility index (Phi) is 4.17. The van der Waals surface area contributed by atoms with Crippen molar-refractivity contribution in [1.29, 1.82) is 0 Å². The van der Waals surface area contributed by atoms with Crippen molar-refractivity contribution in [2.75, 3.05) is 26.3 Å². The van der Waals surface area contributed by atoms with E-state index in [1.165, 1.54) is 0 Å². The molecule has 1 saturated heterocycles. The molecule has 0 radical (unpaired) electrons. The second kappa shape index (κ2) is 6.25. The third-order valence-electron chi connectivity index (χ3n) is 3.57. The van der Waals surface area contributed by atoms with Crippen LogP contribution in [0, 0.1) is 0 Å². The van der Waals surface area contributed by atoms with Gasteiger partial charge in [-0.3, -0.25) is 19.3 Å². The number of rotatable bonds is 5. The average Bonchev–Trinajstić information content (AvgIpc) is 3.11. The van der Waals surface area contributed by atoms with Crippen molar-refractivity contribution >= 4 is 17.7 Å². The Bertz CT molecular complexity index is 575. The number of hydrogen-bond donors (Lipinski definition) is 1. The summed E-state index contributed by atoms with van der Waals surface area (Å²) < 4.78 is 10.5. The lowest BCUT2D eigenvalue weighted by atomic mass is 10.1. The van der Waals surface area contributed by atoms with Gasteiger partial charge in [0.05, 0.1) is 24.3 Å². The highest BCUT2D eigenvalue weighted by molar-refractivity contribution is 6.22. The maximum Gasteiger partial charge on any atom is 0.262 e. The van der Waals surface area contributed by atoms with Gasteiger partial charge in [0, 0.05) is 13.0 Å². The first-order valence-electron chi connectivity index (χ1n) is 7.12. The van der Waals surface area contributed by atoms with E-state index in [2.05, 4.69) is 5.32 Å². The summed E-state index contributed by atoms with van der Waals surface area (Å²) in [6.07, 6.45) is 0.244. The molecule has 1 aromatic rings. The summed E-state index contributed by atoms with van der Waals surface area (Å²) in [7, 11) is 0. The molecular formula is C15H16N2O5. The molecule has 0 unspecified atom stereocenters. The fraction of sp³-hybridized carbons (Fsp3) is 0.400. The Hall–Kier alpha value is -2.25. The van der Waals surface area contributed by atoms with Gasteiger partial charge in [0.1, 0.15) is 6.54 Å². The lowest BCUT2D eigenvalue weighted by Crippen LogP contribution is -2.41. The molecule has 1 N–H and O–H groups in total. The van der Waals surface area contributed by atoms with E-state index in [4.69, 9.17) is 9.47 Å². The van der Waals surface area contributed by atoms with Crippen LogP contribution in [0.3, 0.4) is 0 Å². The SMILES string of the molecule is O=C(CN1C(=O)c2ccccc2C1=O)NCCC1OCCO1. The van der Waals surface area contributed by atoms with Gasteiger partial charge < -0.3 is 14.8 Å². The summed E-state index contributed by atoms with van der Waals surface area (Å²) in [6.45, 7) is 1.21. The molecule has 7 nitrogen and oxygen atoms in total. The summed E-state index contributed by atoms with van der Waals surface area (Å²) >= 11 is 0. The number of hydrogen-bond acceptors (Lipinski definition) is 5. The summed E-state index contributed by atoms with van der Waals surface area (Å²) in [6, 6.07) is 6.55. The first-order chi connectivity index (χ1) is 10.7. The smallest absolute Gasteiger partial charge is 0.262 e. The zero-order valence-electron chi connectivity index (χ0n) is 11.9. The van der Waals surface area contributed by atoms with Crippen molar-refractivity contribution in [3.63, 3.8) is 0 Å². The molecule has 7 heteroatoms. The molecule has 1 aromatic carbocycles. The molecule has 2 aliphatic heterocycles. The van der Waals surface area contributed by atoms with Gasteiger partial charge in [0.15, 0.2) is 6.29 Å². The van der Waals surface area contributed by atoms with Gasteiger partial charge in [-0.1, -0.05) is 12.1 Å². The first kappa shape index (κ1) is 14.7. The van der Waals surface area contributed by atoms with E-state index in [0.717, 1.165) is 4.90 Å². The minimum atomic E-state index is -0.432. The average molecular weight is 304 g/mol. The van der Waals surface area contributed by atoms with E-state index < -0.39 is 11.8 Å². The predicted octanol–water partition coefficient (Wildman–Crippen LogP) is 0.162. The molecule has 3 amide bonds. The Morgan fingerprint density at radius 3 is 2.32 bits per heavy atom. The molecule has 0 saturated carbocycles. The minimum absolute atomic E-state index is 0.279. The summed E-state index contributed by atoms with van der Waals surface area (Å²) in [5.41, 5.74) is 0.682. The van der Waals surface area contributed by atoms with E-state index in [-0.39, 0.29) is 18.7 Å². The van der Waals surface area contributed by atoms with E-state index in [0.29, 0.717) is 37.3 Å². The zero-order chi connectivity index (χ0) is 15.5. The highest BCUT2D eigenvalue weighted by Gasteiger charge is 2.36. The largest absolute Gasteiger partial charge is 0.354 e. The van der Waals surface area contributed by atoms with Crippen molar-refractivity contribution in [3.05, 3.63) is 35.4 Å². The van der Waals surface area contributed by atoms with Crippen LogP contribution < -0.4 is 5.32 Å². The standard InChI is InChI=1S/C15H16N2O5/c18-12(16-6-5-13-21-7-8-22-13)9-17-14(19)10-3-1-2-4-11(10)15(17)20/h1-4,13H,5-9H2,(H,16,18). The molecule has 0 bridgehead atoms. The number of carbonyl (C=O) groups excluding carboxylic acids is 3. The number of fused-ring (bicyclic) bond motifs is 1. The number of imide groups is 1. The van der Waals surface area contributed by atoms with Crippen LogP contribution in [-0.2, 0) is 14.3 Å². The number of benzene rings is 1. The summed E-state index contributed by atoms with van der Waals surface area (Å²) in [5.74, 6) is -1.25. The molecular weight excluding hydrogens is 288 g/mol. The quantitative estimate of drug-likeness (QED) is 0.783. The molecule has 0 aliphatic carbocycles. The molecule has 3 rings (SSSR count). The highest BCUT2D eigenvalue weighted by Crippen LogP contribution is 2.21.